The molecule has 0 heterocycles. The van der Waals surface area contributed by atoms with Crippen LogP contribution in [-0.2, 0) is 4.79 Å². The minimum atomic E-state index is -0.137. The summed E-state index contributed by atoms with van der Waals surface area (Å²) in [6, 6.07) is -0.137. The van der Waals surface area contributed by atoms with Gasteiger partial charge in [-0.2, -0.15) is 0 Å². The third-order valence-electron chi connectivity index (χ3n) is 8.15. The Morgan fingerprint density at radius 2 is 0.897 bits per heavy atom. The first-order valence-electron chi connectivity index (χ1n) is 17.8. The molecule has 0 aliphatic heterocycles. The van der Waals surface area contributed by atoms with Crippen LogP contribution in [0.15, 0.2) is 12.2 Å². The highest BCUT2D eigenvalue weighted by molar-refractivity contribution is 5.76. The summed E-state index contributed by atoms with van der Waals surface area (Å²) in [6.45, 7) is 4.58. The van der Waals surface area contributed by atoms with Crippen LogP contribution in [0.1, 0.15) is 200 Å². The quantitative estimate of drug-likeness (QED) is 0.0647. The molecular weight excluding hydrogens is 478 g/mol. The molecule has 2 N–H and O–H groups in total. The molecule has 0 radical (unpaired) electrons. The summed E-state index contributed by atoms with van der Waals surface area (Å²) in [5, 5.41) is 12.7. The van der Waals surface area contributed by atoms with Crippen molar-refractivity contribution in [1.82, 2.24) is 5.32 Å². The van der Waals surface area contributed by atoms with Crippen molar-refractivity contribution < 1.29 is 9.90 Å². The second kappa shape index (κ2) is 33.4. The molecule has 0 aliphatic rings. The third-order valence-corrected chi connectivity index (χ3v) is 8.15. The van der Waals surface area contributed by atoms with Crippen LogP contribution in [-0.4, -0.2) is 23.7 Å². The number of amides is 1. The fourth-order valence-electron chi connectivity index (χ4n) is 5.44. The van der Waals surface area contributed by atoms with Crippen LogP contribution >= 0.6 is 0 Å². The molecule has 3 nitrogen and oxygen atoms in total. The number of aliphatic hydroxyl groups is 1. The van der Waals surface area contributed by atoms with Gasteiger partial charge in [0.2, 0.25) is 5.91 Å². The lowest BCUT2D eigenvalue weighted by molar-refractivity contribution is -0.122. The molecule has 0 spiro atoms. The maximum Gasteiger partial charge on any atom is 0.220 e. The Balaban J connectivity index is 3.46. The van der Waals surface area contributed by atoms with E-state index in [0.717, 1.165) is 25.7 Å². The van der Waals surface area contributed by atoms with E-state index in [0.29, 0.717) is 6.42 Å². The summed E-state index contributed by atoms with van der Waals surface area (Å²) in [5.74, 6) is 0.0995. The molecule has 0 saturated heterocycles. The van der Waals surface area contributed by atoms with E-state index in [1.807, 2.05) is 0 Å². The minimum absolute atomic E-state index is 0.0212. The van der Waals surface area contributed by atoms with Gasteiger partial charge in [-0.3, -0.25) is 4.79 Å². The minimum Gasteiger partial charge on any atom is -0.394 e. The molecule has 0 fully saturated rings. The lowest BCUT2D eigenvalue weighted by Crippen LogP contribution is -2.36. The van der Waals surface area contributed by atoms with Crippen LogP contribution in [0.3, 0.4) is 0 Å². The second-order valence-corrected chi connectivity index (χ2v) is 12.2. The molecule has 3 heteroatoms. The van der Waals surface area contributed by atoms with Gasteiger partial charge in [-0.15, -0.1) is 0 Å². The predicted molar refractivity (Wildman–Crippen MR) is 173 cm³/mol. The van der Waals surface area contributed by atoms with Crippen LogP contribution in [0.4, 0.5) is 0 Å². The number of nitrogens with one attached hydrogen (secondary N) is 1. The van der Waals surface area contributed by atoms with Crippen LogP contribution in [0, 0.1) is 0 Å². The summed E-state index contributed by atoms with van der Waals surface area (Å²) >= 11 is 0. The molecule has 1 unspecified atom stereocenters. The van der Waals surface area contributed by atoms with Gasteiger partial charge in [-0.05, 0) is 25.7 Å². The topological polar surface area (TPSA) is 49.3 Å². The first kappa shape index (κ1) is 38.2. The largest absolute Gasteiger partial charge is 0.394 e. The van der Waals surface area contributed by atoms with E-state index < -0.39 is 0 Å². The van der Waals surface area contributed by atoms with E-state index in [1.54, 1.807) is 0 Å². The molecule has 0 aromatic rings. The summed E-state index contributed by atoms with van der Waals surface area (Å²) in [4.78, 5) is 12.2. The first-order valence-corrected chi connectivity index (χ1v) is 17.8. The fraction of sp³-hybridized carbons (Fsp3) is 0.917. The molecule has 0 aromatic carbocycles. The molecule has 0 aliphatic carbocycles. The van der Waals surface area contributed by atoms with E-state index >= 15 is 0 Å². The van der Waals surface area contributed by atoms with Gasteiger partial charge in [-0.25, -0.2) is 0 Å². The lowest BCUT2D eigenvalue weighted by atomic mass is 10.0. The molecule has 0 bridgehead atoms. The standard InChI is InChI=1S/C36H71NO2/c1-3-5-7-9-11-13-15-17-19-21-23-25-27-29-31-33-36(39)37-35(34-38)32-30-28-26-24-22-20-18-16-14-12-10-8-6-4-2/h28,30,35,38H,3-27,29,31-34H2,1-2H3,(H,37,39). The van der Waals surface area contributed by atoms with E-state index in [2.05, 4.69) is 31.3 Å². The zero-order chi connectivity index (χ0) is 28.5. The van der Waals surface area contributed by atoms with Crippen molar-refractivity contribution in [2.75, 3.05) is 6.61 Å². The molecule has 0 aromatic heterocycles. The number of hydrogen-bond acceptors (Lipinski definition) is 2. The van der Waals surface area contributed by atoms with Gasteiger partial charge in [0.15, 0.2) is 0 Å². The molecule has 232 valence electrons. The smallest absolute Gasteiger partial charge is 0.220 e. The zero-order valence-electron chi connectivity index (χ0n) is 26.8. The normalized spacial score (nSPS) is 12.4. The van der Waals surface area contributed by atoms with E-state index in [-0.39, 0.29) is 18.6 Å². The Hall–Kier alpha value is -0.830. The van der Waals surface area contributed by atoms with Crippen molar-refractivity contribution in [2.45, 2.75) is 206 Å². The summed E-state index contributed by atoms with van der Waals surface area (Å²) in [7, 11) is 0. The van der Waals surface area contributed by atoms with Crippen molar-refractivity contribution in [3.8, 4) is 0 Å². The van der Waals surface area contributed by atoms with Crippen molar-refractivity contribution in [3.63, 3.8) is 0 Å². The van der Waals surface area contributed by atoms with E-state index in [9.17, 15) is 9.90 Å². The Bertz CT molecular complexity index is 504. The van der Waals surface area contributed by atoms with Gasteiger partial charge in [0.05, 0.1) is 12.6 Å². The van der Waals surface area contributed by atoms with E-state index in [4.69, 9.17) is 0 Å². The molecule has 0 saturated carbocycles. The van der Waals surface area contributed by atoms with Crippen LogP contribution in [0.25, 0.3) is 0 Å². The number of allylic oxidation sites excluding steroid dienone is 1. The van der Waals surface area contributed by atoms with Gasteiger partial charge in [0, 0.05) is 6.42 Å². The molecular formula is C36H71NO2. The average Bonchev–Trinajstić information content (AvgIpc) is 2.94. The summed E-state index contributed by atoms with van der Waals surface area (Å²) in [5.41, 5.74) is 0. The number of hydrogen-bond donors (Lipinski definition) is 2. The van der Waals surface area contributed by atoms with Crippen molar-refractivity contribution in [3.05, 3.63) is 12.2 Å². The van der Waals surface area contributed by atoms with Gasteiger partial charge in [-0.1, -0.05) is 180 Å². The number of carbonyl (C=O) groups is 1. The van der Waals surface area contributed by atoms with Crippen molar-refractivity contribution in [1.29, 1.82) is 0 Å². The SMILES string of the molecule is CCCCCCCCCCCCCC=CCC(CO)NC(=O)CCCCCCCCCCCCCCCCC. The maximum absolute atomic E-state index is 12.2. The van der Waals surface area contributed by atoms with Crippen LogP contribution in [0.5, 0.6) is 0 Å². The van der Waals surface area contributed by atoms with Gasteiger partial charge >= 0.3 is 0 Å². The second-order valence-electron chi connectivity index (χ2n) is 12.2. The Morgan fingerprint density at radius 3 is 1.28 bits per heavy atom. The number of unbranched alkanes of at least 4 members (excludes halogenated alkanes) is 25. The lowest BCUT2D eigenvalue weighted by Gasteiger charge is -2.14. The van der Waals surface area contributed by atoms with Gasteiger partial charge in [0.25, 0.3) is 0 Å². The third kappa shape index (κ3) is 31.6. The Morgan fingerprint density at radius 1 is 0.538 bits per heavy atom. The number of aliphatic hydroxyl groups excluding tert-OH is 1. The van der Waals surface area contributed by atoms with Crippen LogP contribution < -0.4 is 5.32 Å². The molecule has 0 rings (SSSR count). The highest BCUT2D eigenvalue weighted by Crippen LogP contribution is 2.14. The predicted octanol–water partition coefficient (Wildman–Crippen LogP) is 11.4. The molecule has 1 amide bonds. The van der Waals surface area contributed by atoms with Gasteiger partial charge < -0.3 is 10.4 Å². The molecule has 39 heavy (non-hydrogen) atoms. The Labute approximate surface area is 245 Å². The number of carbonyl (C=O) groups excluding carboxylic acids is 1. The first-order chi connectivity index (χ1) is 19.2. The Kier molecular flexibility index (Phi) is 32.7. The van der Waals surface area contributed by atoms with Crippen molar-refractivity contribution in [2.24, 2.45) is 0 Å². The van der Waals surface area contributed by atoms with Crippen LogP contribution in [0.2, 0.25) is 0 Å². The zero-order valence-corrected chi connectivity index (χ0v) is 26.8. The number of rotatable bonds is 32. The van der Waals surface area contributed by atoms with E-state index in [1.165, 1.54) is 154 Å². The maximum atomic E-state index is 12.2. The monoisotopic (exact) mass is 550 g/mol. The summed E-state index contributed by atoms with van der Waals surface area (Å²) in [6.07, 6.45) is 42.1. The fourth-order valence-corrected chi connectivity index (χ4v) is 5.44. The highest BCUT2D eigenvalue weighted by Gasteiger charge is 2.09. The van der Waals surface area contributed by atoms with Crippen molar-refractivity contribution >= 4 is 5.91 Å². The summed E-state index contributed by atoms with van der Waals surface area (Å²) < 4.78 is 0. The highest BCUT2D eigenvalue weighted by atomic mass is 16.3. The average molecular weight is 550 g/mol. The van der Waals surface area contributed by atoms with Gasteiger partial charge in [0.1, 0.15) is 0 Å². The molecule has 1 atom stereocenters.